The predicted molar refractivity (Wildman–Crippen MR) is 75.3 cm³/mol. The van der Waals surface area contributed by atoms with Gasteiger partial charge in [-0.1, -0.05) is 47.6 Å². The molecule has 0 aliphatic rings. The lowest BCUT2D eigenvalue weighted by Crippen LogP contribution is -2.11. The summed E-state index contributed by atoms with van der Waals surface area (Å²) in [7, 11) is 0. The van der Waals surface area contributed by atoms with Crippen molar-refractivity contribution >= 4 is 0 Å². The van der Waals surface area contributed by atoms with Crippen LogP contribution in [0.3, 0.4) is 0 Å². The number of rotatable bonds is 4. The molecule has 0 saturated carbocycles. The van der Waals surface area contributed by atoms with Crippen LogP contribution >= 0.6 is 0 Å². The fourth-order valence-corrected chi connectivity index (χ4v) is 2.39. The zero-order chi connectivity index (χ0) is 13.1. The highest BCUT2D eigenvalue weighted by atomic mass is 14.7. The molecular weight excluding hydrogens is 206 g/mol. The average molecular weight is 233 g/mol. The van der Waals surface area contributed by atoms with Gasteiger partial charge in [0.2, 0.25) is 0 Å². The monoisotopic (exact) mass is 233 g/mol. The van der Waals surface area contributed by atoms with Crippen molar-refractivity contribution in [2.45, 2.75) is 60.3 Å². The van der Waals surface area contributed by atoms with Gasteiger partial charge in [-0.25, -0.2) is 0 Å². The molecular formula is C16H27N. The number of hydrogen-bond donors (Lipinski definition) is 0. The minimum Gasteiger partial charge on any atom is -0.261 e. The Morgan fingerprint density at radius 1 is 1.18 bits per heavy atom. The van der Waals surface area contributed by atoms with E-state index in [1.165, 1.54) is 17.7 Å². The van der Waals surface area contributed by atoms with Gasteiger partial charge in [0.05, 0.1) is 0 Å². The van der Waals surface area contributed by atoms with Crippen LogP contribution < -0.4 is 0 Å². The highest BCUT2D eigenvalue weighted by molar-refractivity contribution is 5.18. The molecule has 1 rings (SSSR count). The van der Waals surface area contributed by atoms with Gasteiger partial charge >= 0.3 is 0 Å². The molecule has 1 nitrogen and oxygen atoms in total. The van der Waals surface area contributed by atoms with Gasteiger partial charge in [-0.15, -0.1) is 0 Å². The van der Waals surface area contributed by atoms with Crippen molar-refractivity contribution in [2.24, 2.45) is 11.3 Å². The van der Waals surface area contributed by atoms with E-state index in [-0.39, 0.29) is 0 Å². The van der Waals surface area contributed by atoms with Gasteiger partial charge < -0.3 is 0 Å². The second-order valence-corrected chi connectivity index (χ2v) is 6.59. The second-order valence-electron chi connectivity index (χ2n) is 6.59. The lowest BCUT2D eigenvalue weighted by molar-refractivity contribution is 0.410. The van der Waals surface area contributed by atoms with Gasteiger partial charge in [0.25, 0.3) is 0 Å². The smallest absolute Gasteiger partial charge is 0.0437 e. The van der Waals surface area contributed by atoms with E-state index < -0.39 is 0 Å². The molecule has 1 aromatic heterocycles. The fourth-order valence-electron chi connectivity index (χ4n) is 2.39. The van der Waals surface area contributed by atoms with E-state index in [9.17, 15) is 0 Å². The molecule has 0 amide bonds. The van der Waals surface area contributed by atoms with Crippen molar-refractivity contribution in [2.75, 3.05) is 0 Å². The number of aromatic nitrogens is 1. The summed E-state index contributed by atoms with van der Waals surface area (Å²) < 4.78 is 0. The first kappa shape index (κ1) is 14.2. The van der Waals surface area contributed by atoms with Crippen molar-refractivity contribution in [3.05, 3.63) is 29.6 Å². The molecule has 0 spiro atoms. The first-order valence-electron chi connectivity index (χ1n) is 6.78. The van der Waals surface area contributed by atoms with Gasteiger partial charge in [-0.05, 0) is 35.8 Å². The van der Waals surface area contributed by atoms with Crippen LogP contribution in [0.2, 0.25) is 0 Å². The quantitative estimate of drug-likeness (QED) is 0.726. The Balaban J connectivity index is 2.80. The first-order valence-corrected chi connectivity index (χ1v) is 6.78. The second kappa shape index (κ2) is 5.66. The Morgan fingerprint density at radius 2 is 1.82 bits per heavy atom. The van der Waals surface area contributed by atoms with Crippen molar-refractivity contribution in [1.29, 1.82) is 0 Å². The molecule has 1 aromatic rings. The maximum atomic E-state index is 4.66. The molecule has 0 saturated heterocycles. The molecule has 96 valence electrons. The third kappa shape index (κ3) is 4.49. The molecule has 1 heterocycles. The van der Waals surface area contributed by atoms with E-state index in [1.807, 2.05) is 0 Å². The Morgan fingerprint density at radius 3 is 2.18 bits per heavy atom. The van der Waals surface area contributed by atoms with Crippen LogP contribution in [0.4, 0.5) is 0 Å². The summed E-state index contributed by atoms with van der Waals surface area (Å²) in [4.78, 5) is 4.66. The minimum absolute atomic E-state index is 0.339. The Hall–Kier alpha value is -0.850. The van der Waals surface area contributed by atoms with E-state index in [0.29, 0.717) is 17.3 Å². The molecule has 1 heteroatoms. The summed E-state index contributed by atoms with van der Waals surface area (Å²) in [5, 5.41) is 0. The van der Waals surface area contributed by atoms with Crippen molar-refractivity contribution in [1.82, 2.24) is 4.98 Å². The Kier molecular flexibility index (Phi) is 4.73. The summed E-state index contributed by atoms with van der Waals surface area (Å²) in [5.74, 6) is 1.26. The standard InChI is InChI=1S/C16H27N/c1-7-14(12(2)3)15-9-8-13(11-17-15)10-16(4,5)6/h8-9,11-12,14H,7,10H2,1-6H3. The lowest BCUT2D eigenvalue weighted by atomic mass is 9.87. The van der Waals surface area contributed by atoms with Gasteiger partial charge in [0, 0.05) is 17.8 Å². The lowest BCUT2D eigenvalue weighted by Gasteiger charge is -2.20. The SMILES string of the molecule is CCC(c1ccc(CC(C)(C)C)cn1)C(C)C. The largest absolute Gasteiger partial charge is 0.261 e. The number of pyridine rings is 1. The summed E-state index contributed by atoms with van der Waals surface area (Å²) in [5.41, 5.74) is 2.94. The average Bonchev–Trinajstić information content (AvgIpc) is 2.18. The summed E-state index contributed by atoms with van der Waals surface area (Å²) in [6, 6.07) is 4.47. The third-order valence-corrected chi connectivity index (χ3v) is 3.21. The van der Waals surface area contributed by atoms with Crippen molar-refractivity contribution in [3.63, 3.8) is 0 Å². The van der Waals surface area contributed by atoms with E-state index in [2.05, 4.69) is 64.9 Å². The zero-order valence-corrected chi connectivity index (χ0v) is 12.2. The molecule has 17 heavy (non-hydrogen) atoms. The van der Waals surface area contributed by atoms with Crippen LogP contribution in [-0.2, 0) is 6.42 Å². The minimum atomic E-state index is 0.339. The van der Waals surface area contributed by atoms with E-state index in [4.69, 9.17) is 0 Å². The molecule has 0 aliphatic carbocycles. The fraction of sp³-hybridized carbons (Fsp3) is 0.688. The zero-order valence-electron chi connectivity index (χ0n) is 12.2. The number of nitrogens with zero attached hydrogens (tertiary/aromatic N) is 1. The van der Waals surface area contributed by atoms with Gasteiger partial charge in [-0.2, -0.15) is 0 Å². The Bertz CT molecular complexity index is 330. The highest BCUT2D eigenvalue weighted by Gasteiger charge is 2.16. The summed E-state index contributed by atoms with van der Waals surface area (Å²) >= 11 is 0. The predicted octanol–water partition coefficient (Wildman–Crippen LogP) is 4.82. The molecule has 0 bridgehead atoms. The molecule has 0 radical (unpaired) electrons. The Labute approximate surface area is 107 Å². The van der Waals surface area contributed by atoms with Crippen LogP contribution in [-0.4, -0.2) is 4.98 Å². The van der Waals surface area contributed by atoms with Gasteiger partial charge in [-0.3, -0.25) is 4.98 Å². The van der Waals surface area contributed by atoms with E-state index >= 15 is 0 Å². The maximum Gasteiger partial charge on any atom is 0.0437 e. The van der Waals surface area contributed by atoms with Crippen molar-refractivity contribution < 1.29 is 0 Å². The van der Waals surface area contributed by atoms with Gasteiger partial charge in [0.1, 0.15) is 0 Å². The highest BCUT2D eigenvalue weighted by Crippen LogP contribution is 2.27. The molecule has 1 atom stereocenters. The van der Waals surface area contributed by atoms with Gasteiger partial charge in [0.15, 0.2) is 0 Å². The van der Waals surface area contributed by atoms with E-state index in [0.717, 1.165) is 6.42 Å². The van der Waals surface area contributed by atoms with Crippen LogP contribution in [0.25, 0.3) is 0 Å². The normalized spacial score (nSPS) is 14.1. The topological polar surface area (TPSA) is 12.9 Å². The molecule has 0 fully saturated rings. The number of hydrogen-bond acceptors (Lipinski definition) is 1. The molecule has 0 aliphatic heterocycles. The van der Waals surface area contributed by atoms with Crippen LogP contribution in [0, 0.1) is 11.3 Å². The van der Waals surface area contributed by atoms with Crippen LogP contribution in [0.15, 0.2) is 18.3 Å². The molecule has 1 unspecified atom stereocenters. The molecule has 0 N–H and O–H groups in total. The maximum absolute atomic E-state index is 4.66. The summed E-state index contributed by atoms with van der Waals surface area (Å²) in [6.07, 6.45) is 4.33. The summed E-state index contributed by atoms with van der Waals surface area (Å²) in [6.45, 7) is 13.6. The molecule has 0 aromatic carbocycles. The van der Waals surface area contributed by atoms with Crippen LogP contribution in [0.5, 0.6) is 0 Å². The third-order valence-electron chi connectivity index (χ3n) is 3.21. The van der Waals surface area contributed by atoms with Crippen molar-refractivity contribution in [3.8, 4) is 0 Å². The van der Waals surface area contributed by atoms with Crippen LogP contribution in [0.1, 0.15) is 65.1 Å². The first-order chi connectivity index (χ1) is 7.83. The van der Waals surface area contributed by atoms with E-state index in [1.54, 1.807) is 0 Å².